The van der Waals surface area contributed by atoms with Gasteiger partial charge < -0.3 is 10.2 Å². The van der Waals surface area contributed by atoms with Crippen molar-refractivity contribution in [3.8, 4) is 0 Å². The van der Waals surface area contributed by atoms with E-state index in [2.05, 4.69) is 70.0 Å². The Bertz CT molecular complexity index is 473. The van der Waals surface area contributed by atoms with Gasteiger partial charge in [-0.2, -0.15) is 0 Å². The van der Waals surface area contributed by atoms with Crippen LogP contribution in [0.2, 0.25) is 0 Å². The molecule has 1 N–H and O–H groups in total. The molecule has 0 aliphatic carbocycles. The molecule has 1 fully saturated rings. The summed E-state index contributed by atoms with van der Waals surface area (Å²) in [5.41, 5.74) is 4.38. The average molecular weight is 288 g/mol. The van der Waals surface area contributed by atoms with E-state index in [0.29, 0.717) is 6.04 Å². The largest absolute Gasteiger partial charge is 0.368 e. The van der Waals surface area contributed by atoms with Crippen molar-refractivity contribution < 1.29 is 0 Å². The van der Waals surface area contributed by atoms with E-state index >= 15 is 0 Å². The Labute approximate surface area is 130 Å². The summed E-state index contributed by atoms with van der Waals surface area (Å²) in [6, 6.07) is 7.62. The van der Waals surface area contributed by atoms with Crippen LogP contribution < -0.4 is 10.2 Å². The van der Waals surface area contributed by atoms with Crippen molar-refractivity contribution in [3.63, 3.8) is 0 Å². The first-order valence-corrected chi connectivity index (χ1v) is 8.37. The Balaban J connectivity index is 2.11. The first kappa shape index (κ1) is 16.4. The summed E-state index contributed by atoms with van der Waals surface area (Å²) in [7, 11) is 0. The van der Waals surface area contributed by atoms with Gasteiger partial charge in [0, 0.05) is 30.4 Å². The van der Waals surface area contributed by atoms with E-state index in [4.69, 9.17) is 0 Å². The number of nitrogens with one attached hydrogen (secondary N) is 1. The van der Waals surface area contributed by atoms with E-state index in [1.165, 1.54) is 36.2 Å². The van der Waals surface area contributed by atoms with Crippen LogP contribution >= 0.6 is 0 Å². The van der Waals surface area contributed by atoms with Crippen LogP contribution in [-0.2, 0) is 6.54 Å². The second-order valence-electron chi connectivity index (χ2n) is 7.91. The van der Waals surface area contributed by atoms with Crippen LogP contribution in [0.15, 0.2) is 18.2 Å². The minimum absolute atomic E-state index is 0.170. The Hall–Kier alpha value is -1.02. The standard InChI is InChI=1S/C19H32N2/c1-14-7-8-16(3)21(13-14)18-10-9-17(11-15(18)2)12-20-19(4,5)6/h9-11,14,16,20H,7-8,12-13H2,1-6H3. The molecular formula is C19H32N2. The molecule has 0 saturated carbocycles. The molecule has 1 aliphatic heterocycles. The molecule has 1 saturated heterocycles. The van der Waals surface area contributed by atoms with Gasteiger partial charge in [-0.05, 0) is 70.6 Å². The summed E-state index contributed by atoms with van der Waals surface area (Å²) in [5.74, 6) is 0.808. The Morgan fingerprint density at radius 2 is 1.90 bits per heavy atom. The maximum Gasteiger partial charge on any atom is 0.0398 e. The first-order valence-electron chi connectivity index (χ1n) is 8.37. The van der Waals surface area contributed by atoms with Crippen LogP contribution in [0.4, 0.5) is 5.69 Å². The van der Waals surface area contributed by atoms with Crippen molar-refractivity contribution in [3.05, 3.63) is 29.3 Å². The van der Waals surface area contributed by atoms with Crippen LogP contribution in [0.5, 0.6) is 0 Å². The molecule has 2 unspecified atom stereocenters. The van der Waals surface area contributed by atoms with E-state index < -0.39 is 0 Å². The minimum Gasteiger partial charge on any atom is -0.368 e. The topological polar surface area (TPSA) is 15.3 Å². The van der Waals surface area contributed by atoms with E-state index in [0.717, 1.165) is 12.5 Å². The van der Waals surface area contributed by atoms with Crippen LogP contribution in [0.1, 0.15) is 58.6 Å². The zero-order chi connectivity index (χ0) is 15.6. The molecule has 0 amide bonds. The lowest BCUT2D eigenvalue weighted by Crippen LogP contribution is -2.41. The number of nitrogens with zero attached hydrogens (tertiary/aromatic N) is 1. The molecule has 0 radical (unpaired) electrons. The summed E-state index contributed by atoms with van der Waals surface area (Å²) in [6.07, 6.45) is 2.68. The van der Waals surface area contributed by atoms with Gasteiger partial charge in [-0.1, -0.05) is 19.1 Å². The lowest BCUT2D eigenvalue weighted by atomic mass is 9.93. The first-order chi connectivity index (χ1) is 9.76. The number of aryl methyl sites for hydroxylation is 1. The van der Waals surface area contributed by atoms with Gasteiger partial charge in [0.25, 0.3) is 0 Å². The predicted molar refractivity (Wildman–Crippen MR) is 93.0 cm³/mol. The molecule has 2 atom stereocenters. The van der Waals surface area contributed by atoms with E-state index in [-0.39, 0.29) is 5.54 Å². The maximum absolute atomic E-state index is 3.57. The number of benzene rings is 1. The van der Waals surface area contributed by atoms with Crippen molar-refractivity contribution in [2.75, 3.05) is 11.4 Å². The van der Waals surface area contributed by atoms with E-state index in [1.807, 2.05) is 0 Å². The fraction of sp³-hybridized carbons (Fsp3) is 0.684. The highest BCUT2D eigenvalue weighted by Gasteiger charge is 2.24. The Kier molecular flexibility index (Phi) is 4.98. The number of anilines is 1. The Morgan fingerprint density at radius 3 is 2.52 bits per heavy atom. The Morgan fingerprint density at radius 1 is 1.19 bits per heavy atom. The van der Waals surface area contributed by atoms with Gasteiger partial charge in [-0.3, -0.25) is 0 Å². The second kappa shape index (κ2) is 6.39. The SMILES string of the molecule is Cc1cc(CNC(C)(C)C)ccc1N1CC(C)CCC1C. The molecule has 0 spiro atoms. The number of rotatable bonds is 3. The quantitative estimate of drug-likeness (QED) is 0.880. The van der Waals surface area contributed by atoms with E-state index in [9.17, 15) is 0 Å². The highest BCUT2D eigenvalue weighted by atomic mass is 15.2. The van der Waals surface area contributed by atoms with Gasteiger partial charge in [0.15, 0.2) is 0 Å². The molecule has 2 heteroatoms. The molecule has 118 valence electrons. The molecule has 1 aliphatic rings. The van der Waals surface area contributed by atoms with Gasteiger partial charge in [0.2, 0.25) is 0 Å². The van der Waals surface area contributed by atoms with Crippen LogP contribution in [0.3, 0.4) is 0 Å². The fourth-order valence-electron chi connectivity index (χ4n) is 3.14. The maximum atomic E-state index is 3.57. The monoisotopic (exact) mass is 288 g/mol. The summed E-state index contributed by atoms with van der Waals surface area (Å²) >= 11 is 0. The van der Waals surface area contributed by atoms with Gasteiger partial charge in [-0.25, -0.2) is 0 Å². The van der Waals surface area contributed by atoms with Gasteiger partial charge in [-0.15, -0.1) is 0 Å². The van der Waals surface area contributed by atoms with Gasteiger partial charge >= 0.3 is 0 Å². The minimum atomic E-state index is 0.170. The summed E-state index contributed by atoms with van der Waals surface area (Å²) < 4.78 is 0. The van der Waals surface area contributed by atoms with Crippen molar-refractivity contribution in [1.82, 2.24) is 5.32 Å². The van der Waals surface area contributed by atoms with Crippen molar-refractivity contribution >= 4 is 5.69 Å². The number of piperidine rings is 1. The van der Waals surface area contributed by atoms with E-state index in [1.54, 1.807) is 0 Å². The van der Waals surface area contributed by atoms with Crippen molar-refractivity contribution in [2.24, 2.45) is 5.92 Å². The normalized spacial score (nSPS) is 23.4. The lowest BCUT2D eigenvalue weighted by molar-refractivity contribution is 0.390. The third kappa shape index (κ3) is 4.47. The van der Waals surface area contributed by atoms with Gasteiger partial charge in [0.05, 0.1) is 0 Å². The van der Waals surface area contributed by atoms with Crippen molar-refractivity contribution in [2.45, 2.75) is 72.5 Å². The zero-order valence-electron chi connectivity index (χ0n) is 14.7. The highest BCUT2D eigenvalue weighted by molar-refractivity contribution is 5.55. The molecule has 1 aromatic rings. The third-order valence-electron chi connectivity index (χ3n) is 4.51. The number of hydrogen-bond acceptors (Lipinski definition) is 2. The summed E-state index contributed by atoms with van der Waals surface area (Å²) in [5, 5.41) is 3.57. The fourth-order valence-corrected chi connectivity index (χ4v) is 3.14. The molecular weight excluding hydrogens is 256 g/mol. The molecule has 1 heterocycles. The summed E-state index contributed by atoms with van der Waals surface area (Å²) in [4.78, 5) is 2.60. The molecule has 2 rings (SSSR count). The zero-order valence-corrected chi connectivity index (χ0v) is 14.7. The van der Waals surface area contributed by atoms with Gasteiger partial charge in [0.1, 0.15) is 0 Å². The average Bonchev–Trinajstić information content (AvgIpc) is 2.39. The highest BCUT2D eigenvalue weighted by Crippen LogP contribution is 2.30. The second-order valence-corrected chi connectivity index (χ2v) is 7.91. The predicted octanol–water partition coefficient (Wildman–Crippen LogP) is 4.51. The summed E-state index contributed by atoms with van der Waals surface area (Å²) in [6.45, 7) is 15.8. The molecule has 21 heavy (non-hydrogen) atoms. The smallest absolute Gasteiger partial charge is 0.0398 e. The molecule has 0 bridgehead atoms. The molecule has 0 aromatic heterocycles. The van der Waals surface area contributed by atoms with Crippen LogP contribution in [-0.4, -0.2) is 18.1 Å². The number of hydrogen-bond donors (Lipinski definition) is 1. The molecule has 2 nitrogen and oxygen atoms in total. The third-order valence-corrected chi connectivity index (χ3v) is 4.51. The van der Waals surface area contributed by atoms with Crippen molar-refractivity contribution in [1.29, 1.82) is 0 Å². The lowest BCUT2D eigenvalue weighted by Gasteiger charge is -2.39. The van der Waals surface area contributed by atoms with Crippen LogP contribution in [0.25, 0.3) is 0 Å². The molecule has 1 aromatic carbocycles. The van der Waals surface area contributed by atoms with Crippen LogP contribution in [0, 0.1) is 12.8 Å².